The van der Waals surface area contributed by atoms with E-state index in [4.69, 9.17) is 5.11 Å². The van der Waals surface area contributed by atoms with Crippen molar-refractivity contribution in [1.82, 2.24) is 0 Å². The second-order valence-corrected chi connectivity index (χ2v) is 4.92. The molecule has 1 saturated carbocycles. The molecule has 1 fully saturated rings. The Balaban J connectivity index is 2.30. The maximum Gasteiger partial charge on any atom is 0.335 e. The lowest BCUT2D eigenvalue weighted by molar-refractivity contribution is -0.384. The number of hydrogen-bond donors (Lipinski definition) is 3. The molecule has 2 unspecified atom stereocenters. The number of aromatic carboxylic acids is 1. The highest BCUT2D eigenvalue weighted by Gasteiger charge is 2.28. The van der Waals surface area contributed by atoms with E-state index in [1.165, 1.54) is 18.2 Å². The quantitative estimate of drug-likeness (QED) is 0.560. The Morgan fingerprint density at radius 3 is 2.80 bits per heavy atom. The number of nitro groups is 1. The van der Waals surface area contributed by atoms with Crippen molar-refractivity contribution in [2.45, 2.75) is 25.3 Å². The van der Waals surface area contributed by atoms with Gasteiger partial charge in [0.2, 0.25) is 0 Å². The number of carbonyl (C=O) groups is 1. The van der Waals surface area contributed by atoms with Crippen molar-refractivity contribution in [3.63, 3.8) is 0 Å². The van der Waals surface area contributed by atoms with Gasteiger partial charge < -0.3 is 15.5 Å². The number of nitro benzene ring substituents is 1. The van der Waals surface area contributed by atoms with E-state index in [1.807, 2.05) is 0 Å². The highest BCUT2D eigenvalue weighted by molar-refractivity contribution is 5.90. The molecular formula is C13H16N2O5. The molecule has 0 aliphatic heterocycles. The Hall–Kier alpha value is -2.15. The van der Waals surface area contributed by atoms with Crippen LogP contribution < -0.4 is 5.32 Å². The van der Waals surface area contributed by atoms with Gasteiger partial charge in [-0.05, 0) is 25.0 Å². The lowest BCUT2D eigenvalue weighted by Crippen LogP contribution is -2.26. The second-order valence-electron chi connectivity index (χ2n) is 4.92. The van der Waals surface area contributed by atoms with Crippen LogP contribution in [0.15, 0.2) is 18.2 Å². The molecule has 0 bridgehead atoms. The Bertz CT molecular complexity index is 531. The minimum Gasteiger partial charge on any atom is -0.478 e. The standard InChI is InChI=1S/C13H16N2O5/c16-7-9-2-1-3-10(9)14-11-6-8(13(17)18)4-5-12(11)15(19)20/h4-6,9-10,14,16H,1-3,7H2,(H,17,18). The fourth-order valence-electron chi connectivity index (χ4n) is 2.59. The predicted octanol–water partition coefficient (Wildman–Crippen LogP) is 1.87. The van der Waals surface area contributed by atoms with Gasteiger partial charge in [0.15, 0.2) is 0 Å². The zero-order chi connectivity index (χ0) is 14.7. The maximum absolute atomic E-state index is 11.0. The first-order valence-corrected chi connectivity index (χ1v) is 6.42. The molecule has 1 aromatic carbocycles. The van der Waals surface area contributed by atoms with Gasteiger partial charge in [0.05, 0.1) is 10.5 Å². The summed E-state index contributed by atoms with van der Waals surface area (Å²) in [5.41, 5.74) is 0.0375. The number of anilines is 1. The molecule has 0 heterocycles. The van der Waals surface area contributed by atoms with E-state index >= 15 is 0 Å². The molecule has 0 amide bonds. The number of nitrogens with one attached hydrogen (secondary N) is 1. The first-order valence-electron chi connectivity index (χ1n) is 6.42. The summed E-state index contributed by atoms with van der Waals surface area (Å²) in [6.45, 7) is 0.0179. The number of nitrogens with zero attached hydrogens (tertiary/aromatic N) is 1. The summed E-state index contributed by atoms with van der Waals surface area (Å²) in [5.74, 6) is -1.09. The van der Waals surface area contributed by atoms with E-state index in [9.17, 15) is 20.0 Å². The number of rotatable bonds is 5. The highest BCUT2D eigenvalue weighted by atomic mass is 16.6. The van der Waals surface area contributed by atoms with Gasteiger partial charge in [0.25, 0.3) is 5.69 Å². The summed E-state index contributed by atoms with van der Waals surface area (Å²) in [6, 6.07) is 3.61. The van der Waals surface area contributed by atoms with Crippen LogP contribution >= 0.6 is 0 Å². The molecule has 0 aromatic heterocycles. The van der Waals surface area contributed by atoms with Crippen LogP contribution in [0.4, 0.5) is 11.4 Å². The topological polar surface area (TPSA) is 113 Å². The molecule has 2 atom stereocenters. The summed E-state index contributed by atoms with van der Waals surface area (Å²) in [4.78, 5) is 21.4. The van der Waals surface area contributed by atoms with Crippen molar-refractivity contribution >= 4 is 17.3 Å². The molecule has 7 heteroatoms. The monoisotopic (exact) mass is 280 g/mol. The van der Waals surface area contributed by atoms with Crippen molar-refractivity contribution in [2.75, 3.05) is 11.9 Å². The van der Waals surface area contributed by atoms with E-state index < -0.39 is 10.9 Å². The Morgan fingerprint density at radius 2 is 2.20 bits per heavy atom. The Labute approximate surface area is 115 Å². The van der Waals surface area contributed by atoms with Crippen molar-refractivity contribution in [1.29, 1.82) is 0 Å². The van der Waals surface area contributed by atoms with Crippen molar-refractivity contribution in [3.05, 3.63) is 33.9 Å². The highest BCUT2D eigenvalue weighted by Crippen LogP contribution is 2.32. The Kier molecular flexibility index (Phi) is 4.19. The molecular weight excluding hydrogens is 264 g/mol. The third-order valence-corrected chi connectivity index (χ3v) is 3.67. The van der Waals surface area contributed by atoms with Crippen LogP contribution in [0, 0.1) is 16.0 Å². The number of benzene rings is 1. The summed E-state index contributed by atoms with van der Waals surface area (Å²) < 4.78 is 0. The normalized spacial score (nSPS) is 21.6. The van der Waals surface area contributed by atoms with Crippen LogP contribution in [-0.2, 0) is 0 Å². The second kappa shape index (κ2) is 5.87. The molecule has 0 radical (unpaired) electrons. The summed E-state index contributed by atoms with van der Waals surface area (Å²) in [5, 5.41) is 32.2. The van der Waals surface area contributed by atoms with E-state index in [1.54, 1.807) is 0 Å². The van der Waals surface area contributed by atoms with Gasteiger partial charge in [-0.2, -0.15) is 0 Å². The van der Waals surface area contributed by atoms with E-state index in [-0.39, 0.29) is 35.5 Å². The summed E-state index contributed by atoms with van der Waals surface area (Å²) >= 11 is 0. The average Bonchev–Trinajstić information content (AvgIpc) is 2.85. The van der Waals surface area contributed by atoms with Crippen LogP contribution in [0.2, 0.25) is 0 Å². The molecule has 2 rings (SSSR count). The van der Waals surface area contributed by atoms with Crippen molar-refractivity contribution < 1.29 is 19.9 Å². The zero-order valence-corrected chi connectivity index (χ0v) is 10.8. The summed E-state index contributed by atoms with van der Waals surface area (Å²) in [7, 11) is 0. The maximum atomic E-state index is 11.0. The molecule has 1 aromatic rings. The van der Waals surface area contributed by atoms with Gasteiger partial charge in [0.1, 0.15) is 5.69 Å². The van der Waals surface area contributed by atoms with Crippen LogP contribution in [0.5, 0.6) is 0 Å². The van der Waals surface area contributed by atoms with Crippen LogP contribution in [0.25, 0.3) is 0 Å². The van der Waals surface area contributed by atoms with Gasteiger partial charge in [0, 0.05) is 24.6 Å². The molecule has 0 spiro atoms. The molecule has 0 saturated heterocycles. The number of carboxylic acids is 1. The fraction of sp³-hybridized carbons (Fsp3) is 0.462. The van der Waals surface area contributed by atoms with E-state index in [0.29, 0.717) is 0 Å². The van der Waals surface area contributed by atoms with Gasteiger partial charge in [-0.1, -0.05) is 6.42 Å². The van der Waals surface area contributed by atoms with Crippen LogP contribution in [0.3, 0.4) is 0 Å². The third kappa shape index (κ3) is 2.88. The molecule has 108 valence electrons. The van der Waals surface area contributed by atoms with Gasteiger partial charge in [-0.15, -0.1) is 0 Å². The van der Waals surface area contributed by atoms with Crippen LogP contribution in [0.1, 0.15) is 29.6 Å². The smallest absolute Gasteiger partial charge is 0.335 e. The molecule has 1 aliphatic rings. The zero-order valence-electron chi connectivity index (χ0n) is 10.8. The number of carboxylic acid groups (broad SMARTS) is 1. The minimum absolute atomic E-state index is 0.00311. The van der Waals surface area contributed by atoms with E-state index in [2.05, 4.69) is 5.32 Å². The lowest BCUT2D eigenvalue weighted by Gasteiger charge is -2.20. The van der Waals surface area contributed by atoms with Crippen LogP contribution in [-0.4, -0.2) is 33.8 Å². The SMILES string of the molecule is O=C(O)c1ccc([N+](=O)[O-])c(NC2CCCC2CO)c1. The van der Waals surface area contributed by atoms with E-state index in [0.717, 1.165) is 19.3 Å². The van der Waals surface area contributed by atoms with Gasteiger partial charge in [-0.3, -0.25) is 10.1 Å². The summed E-state index contributed by atoms with van der Waals surface area (Å²) in [6.07, 6.45) is 2.61. The lowest BCUT2D eigenvalue weighted by atomic mass is 10.0. The molecule has 7 nitrogen and oxygen atoms in total. The molecule has 1 aliphatic carbocycles. The Morgan fingerprint density at radius 1 is 1.45 bits per heavy atom. The molecule has 20 heavy (non-hydrogen) atoms. The number of hydrogen-bond acceptors (Lipinski definition) is 5. The number of aliphatic hydroxyl groups is 1. The third-order valence-electron chi connectivity index (χ3n) is 3.67. The largest absolute Gasteiger partial charge is 0.478 e. The first kappa shape index (κ1) is 14.3. The van der Waals surface area contributed by atoms with Crippen molar-refractivity contribution in [3.8, 4) is 0 Å². The van der Waals surface area contributed by atoms with Crippen molar-refractivity contribution in [2.24, 2.45) is 5.92 Å². The predicted molar refractivity (Wildman–Crippen MR) is 71.9 cm³/mol. The average molecular weight is 280 g/mol. The number of aliphatic hydroxyl groups excluding tert-OH is 1. The fourth-order valence-corrected chi connectivity index (χ4v) is 2.59. The first-order chi connectivity index (χ1) is 9.52. The van der Waals surface area contributed by atoms with Gasteiger partial charge in [-0.25, -0.2) is 4.79 Å². The minimum atomic E-state index is -1.13. The van der Waals surface area contributed by atoms with Gasteiger partial charge >= 0.3 is 5.97 Å². The molecule has 3 N–H and O–H groups in total.